The second-order valence-corrected chi connectivity index (χ2v) is 4.94. The van der Waals surface area contributed by atoms with Crippen LogP contribution in [0.1, 0.15) is 11.3 Å². The molecule has 0 unspecified atom stereocenters. The molecule has 3 N–H and O–H groups in total. The fourth-order valence-corrected chi connectivity index (χ4v) is 2.49. The summed E-state index contributed by atoms with van der Waals surface area (Å²) in [6.07, 6.45) is 1.72. The van der Waals surface area contributed by atoms with Gasteiger partial charge in [0.05, 0.1) is 5.69 Å². The third kappa shape index (κ3) is 2.23. The highest BCUT2D eigenvalue weighted by Gasteiger charge is 2.20. The molecule has 0 aliphatic carbocycles. The first-order chi connectivity index (χ1) is 10.1. The van der Waals surface area contributed by atoms with Gasteiger partial charge in [-0.25, -0.2) is 0 Å². The molecule has 3 aromatic rings. The molecule has 0 radical (unpaired) electrons. The Balaban J connectivity index is 2.27. The number of aryl methyl sites for hydroxylation is 2. The fourth-order valence-electron chi connectivity index (χ4n) is 2.49. The van der Waals surface area contributed by atoms with E-state index in [-0.39, 0.29) is 11.5 Å². The van der Waals surface area contributed by atoms with Gasteiger partial charge in [0.2, 0.25) is 0 Å². The third-order valence-electron chi connectivity index (χ3n) is 3.40. The van der Waals surface area contributed by atoms with Crippen molar-refractivity contribution in [3.8, 4) is 34.0 Å². The molecule has 106 valence electrons. The number of phenols is 2. The summed E-state index contributed by atoms with van der Waals surface area (Å²) < 4.78 is 0. The second-order valence-electron chi connectivity index (χ2n) is 4.94. The number of hydrogen-bond donors (Lipinski definition) is 3. The van der Waals surface area contributed by atoms with Gasteiger partial charge >= 0.3 is 0 Å². The molecule has 5 heteroatoms. The highest BCUT2D eigenvalue weighted by molar-refractivity contribution is 5.85. The summed E-state index contributed by atoms with van der Waals surface area (Å²) in [4.78, 5) is 4.35. The first-order valence-electron chi connectivity index (χ1n) is 6.57. The summed E-state index contributed by atoms with van der Waals surface area (Å²) in [5.74, 6) is 0.0246. The number of rotatable bonds is 2. The van der Waals surface area contributed by atoms with Crippen molar-refractivity contribution in [3.63, 3.8) is 0 Å². The lowest BCUT2D eigenvalue weighted by Crippen LogP contribution is -1.90. The molecule has 0 saturated carbocycles. The predicted octanol–water partition coefficient (Wildman–Crippen LogP) is 3.17. The van der Waals surface area contributed by atoms with E-state index in [9.17, 15) is 10.2 Å². The molecule has 0 aliphatic heterocycles. The van der Waals surface area contributed by atoms with Gasteiger partial charge in [0.15, 0.2) is 0 Å². The zero-order chi connectivity index (χ0) is 15.0. The summed E-state index contributed by atoms with van der Waals surface area (Å²) in [5, 5.41) is 27.0. The van der Waals surface area contributed by atoms with Gasteiger partial charge in [0.1, 0.15) is 17.2 Å². The van der Waals surface area contributed by atoms with Gasteiger partial charge in [-0.3, -0.25) is 10.1 Å². The van der Waals surface area contributed by atoms with Gasteiger partial charge in [-0.2, -0.15) is 5.10 Å². The van der Waals surface area contributed by atoms with E-state index in [1.807, 2.05) is 32.0 Å². The highest BCUT2D eigenvalue weighted by atomic mass is 16.3. The number of H-pyrrole nitrogens is 1. The Hall–Kier alpha value is -2.82. The quantitative estimate of drug-likeness (QED) is 0.674. The number of aromatic hydroxyl groups is 2. The molecule has 2 aromatic heterocycles. The normalized spacial score (nSPS) is 10.8. The SMILES string of the molecule is Cc1cc(O)cc(O)c1-c1n[nH]c(C)c1-c1ccccn1. The standard InChI is InChI=1S/C16H15N3O2/c1-9-7-11(20)8-13(21)14(9)16-15(10(2)18-19-16)12-5-3-4-6-17-12/h3-8,20-21H,1-2H3,(H,18,19). The molecule has 0 fully saturated rings. The zero-order valence-electron chi connectivity index (χ0n) is 11.8. The lowest BCUT2D eigenvalue weighted by Gasteiger charge is -2.09. The molecular formula is C16H15N3O2. The van der Waals surface area contributed by atoms with Gasteiger partial charge in [-0.05, 0) is 37.6 Å². The van der Waals surface area contributed by atoms with Crippen LogP contribution in [-0.2, 0) is 0 Å². The Morgan fingerprint density at radius 3 is 2.52 bits per heavy atom. The minimum atomic E-state index is -0.00354. The van der Waals surface area contributed by atoms with E-state index in [2.05, 4.69) is 15.2 Å². The number of nitrogens with one attached hydrogen (secondary N) is 1. The molecule has 1 aromatic carbocycles. The van der Waals surface area contributed by atoms with Gasteiger partial charge in [-0.1, -0.05) is 6.07 Å². The summed E-state index contributed by atoms with van der Waals surface area (Å²) in [5.41, 5.74) is 4.47. The van der Waals surface area contributed by atoms with Crippen molar-refractivity contribution >= 4 is 0 Å². The Kier molecular flexibility index (Phi) is 3.10. The van der Waals surface area contributed by atoms with E-state index in [0.29, 0.717) is 11.3 Å². The Morgan fingerprint density at radius 2 is 1.86 bits per heavy atom. The zero-order valence-corrected chi connectivity index (χ0v) is 11.8. The molecule has 0 atom stereocenters. The molecule has 5 nitrogen and oxygen atoms in total. The van der Waals surface area contributed by atoms with Crippen molar-refractivity contribution in [2.75, 3.05) is 0 Å². The third-order valence-corrected chi connectivity index (χ3v) is 3.40. The van der Waals surface area contributed by atoms with Gasteiger partial charge in [0, 0.05) is 29.1 Å². The molecule has 21 heavy (non-hydrogen) atoms. The minimum absolute atomic E-state index is 0.00354. The maximum absolute atomic E-state index is 10.2. The van der Waals surface area contributed by atoms with Crippen molar-refractivity contribution in [3.05, 3.63) is 47.8 Å². The average molecular weight is 281 g/mol. The topological polar surface area (TPSA) is 82.0 Å². The molecule has 2 heterocycles. The molecule has 0 bridgehead atoms. The van der Waals surface area contributed by atoms with E-state index in [0.717, 1.165) is 22.5 Å². The van der Waals surface area contributed by atoms with Gasteiger partial charge in [0.25, 0.3) is 0 Å². The van der Waals surface area contributed by atoms with Gasteiger partial charge < -0.3 is 10.2 Å². The highest BCUT2D eigenvalue weighted by Crippen LogP contribution is 2.40. The first-order valence-corrected chi connectivity index (χ1v) is 6.57. The van der Waals surface area contributed by atoms with Crippen LogP contribution in [-0.4, -0.2) is 25.4 Å². The number of aromatic amines is 1. The summed E-state index contributed by atoms with van der Waals surface area (Å²) >= 11 is 0. The number of pyridine rings is 1. The van der Waals surface area contributed by atoms with Gasteiger partial charge in [-0.15, -0.1) is 0 Å². The van der Waals surface area contributed by atoms with Crippen LogP contribution in [0.5, 0.6) is 11.5 Å². The van der Waals surface area contributed by atoms with E-state index < -0.39 is 0 Å². The Bertz CT molecular complexity index is 772. The van der Waals surface area contributed by atoms with Crippen LogP contribution in [0.3, 0.4) is 0 Å². The lowest BCUT2D eigenvalue weighted by molar-refractivity contribution is 0.451. The molecule has 0 amide bonds. The second kappa shape index (κ2) is 4.94. The minimum Gasteiger partial charge on any atom is -0.508 e. The number of hydrogen-bond acceptors (Lipinski definition) is 4. The van der Waals surface area contributed by atoms with Crippen molar-refractivity contribution in [2.24, 2.45) is 0 Å². The van der Waals surface area contributed by atoms with Crippen LogP contribution in [0.15, 0.2) is 36.5 Å². The van der Waals surface area contributed by atoms with Crippen LogP contribution in [0.25, 0.3) is 22.5 Å². The monoisotopic (exact) mass is 281 g/mol. The van der Waals surface area contributed by atoms with Crippen molar-refractivity contribution in [2.45, 2.75) is 13.8 Å². The Morgan fingerprint density at radius 1 is 1.05 bits per heavy atom. The van der Waals surface area contributed by atoms with Crippen molar-refractivity contribution < 1.29 is 10.2 Å². The fraction of sp³-hybridized carbons (Fsp3) is 0.125. The first kappa shape index (κ1) is 13.2. The van der Waals surface area contributed by atoms with E-state index in [1.165, 1.54) is 6.07 Å². The number of phenolic OH excluding ortho intramolecular Hbond substituents is 2. The van der Waals surface area contributed by atoms with Crippen LogP contribution in [0, 0.1) is 13.8 Å². The molecule has 0 spiro atoms. The van der Waals surface area contributed by atoms with E-state index in [4.69, 9.17) is 0 Å². The smallest absolute Gasteiger partial charge is 0.129 e. The predicted molar refractivity (Wildman–Crippen MR) is 80.1 cm³/mol. The lowest BCUT2D eigenvalue weighted by atomic mass is 9.98. The van der Waals surface area contributed by atoms with Crippen molar-refractivity contribution in [1.82, 2.24) is 15.2 Å². The van der Waals surface area contributed by atoms with Crippen molar-refractivity contribution in [1.29, 1.82) is 0 Å². The van der Waals surface area contributed by atoms with Crippen LogP contribution in [0.4, 0.5) is 0 Å². The average Bonchev–Trinajstić information content (AvgIpc) is 2.80. The van der Waals surface area contributed by atoms with Crippen LogP contribution in [0.2, 0.25) is 0 Å². The largest absolute Gasteiger partial charge is 0.508 e. The summed E-state index contributed by atoms with van der Waals surface area (Å²) in [6, 6.07) is 8.56. The summed E-state index contributed by atoms with van der Waals surface area (Å²) in [6.45, 7) is 3.73. The van der Waals surface area contributed by atoms with E-state index >= 15 is 0 Å². The van der Waals surface area contributed by atoms with Crippen LogP contribution < -0.4 is 0 Å². The maximum atomic E-state index is 10.2. The summed E-state index contributed by atoms with van der Waals surface area (Å²) in [7, 11) is 0. The number of nitrogens with zero attached hydrogens (tertiary/aromatic N) is 2. The molecular weight excluding hydrogens is 266 g/mol. The molecule has 0 aliphatic rings. The maximum Gasteiger partial charge on any atom is 0.129 e. The molecule has 3 rings (SSSR count). The number of benzene rings is 1. The van der Waals surface area contributed by atoms with Crippen LogP contribution >= 0.6 is 0 Å². The number of aromatic nitrogens is 3. The Labute approximate surface area is 121 Å². The molecule has 0 saturated heterocycles. The van der Waals surface area contributed by atoms with E-state index in [1.54, 1.807) is 12.3 Å².